The van der Waals surface area contributed by atoms with Crippen molar-refractivity contribution in [2.45, 2.75) is 0 Å². The van der Waals surface area contributed by atoms with Crippen molar-refractivity contribution in [3.8, 4) is 0 Å². The van der Waals surface area contributed by atoms with Gasteiger partial charge in [-0.25, -0.2) is 4.39 Å². The third-order valence-corrected chi connectivity index (χ3v) is 2.22. The smallest absolute Gasteiger partial charge is 0.255 e. The maximum absolute atomic E-state index is 12.8. The van der Waals surface area contributed by atoms with Gasteiger partial charge in [0.15, 0.2) is 0 Å². The Balaban J connectivity index is 2.79. The Morgan fingerprint density at radius 1 is 1.56 bits per heavy atom. The van der Waals surface area contributed by atoms with Crippen LogP contribution in [0.4, 0.5) is 10.1 Å². The van der Waals surface area contributed by atoms with Crippen LogP contribution in [0.3, 0.4) is 0 Å². The Morgan fingerprint density at radius 3 is 2.81 bits per heavy atom. The van der Waals surface area contributed by atoms with Crippen molar-refractivity contribution in [2.24, 2.45) is 0 Å². The molecule has 5 heteroatoms. The fourth-order valence-corrected chi connectivity index (χ4v) is 1.26. The van der Waals surface area contributed by atoms with Crippen molar-refractivity contribution < 1.29 is 13.9 Å². The first kappa shape index (κ1) is 12.4. The average Bonchev–Trinajstić information content (AvgIpc) is 2.25. The number of amides is 1. The molecule has 4 nitrogen and oxygen atoms in total. The number of nitrogen functional groups attached to an aromatic ring is 1. The quantitative estimate of drug-likeness (QED) is 0.783. The van der Waals surface area contributed by atoms with E-state index in [4.69, 9.17) is 10.5 Å². The molecule has 2 N–H and O–H groups in total. The van der Waals surface area contributed by atoms with Crippen LogP contribution >= 0.6 is 0 Å². The predicted molar refractivity (Wildman–Crippen MR) is 59.6 cm³/mol. The number of ether oxygens (including phenoxy) is 1. The normalized spacial score (nSPS) is 10.2. The van der Waals surface area contributed by atoms with Crippen LogP contribution < -0.4 is 5.73 Å². The third-order valence-electron chi connectivity index (χ3n) is 2.22. The molecule has 0 aromatic heterocycles. The lowest BCUT2D eigenvalue weighted by atomic mass is 10.1. The largest absolute Gasteiger partial charge is 0.398 e. The average molecular weight is 226 g/mol. The number of hydrogen-bond donors (Lipinski definition) is 1. The van der Waals surface area contributed by atoms with Crippen LogP contribution in [-0.2, 0) is 4.74 Å². The Bertz CT molecular complexity index is 382. The van der Waals surface area contributed by atoms with Crippen LogP contribution in [0.1, 0.15) is 10.4 Å². The van der Waals surface area contributed by atoms with Gasteiger partial charge in [0.05, 0.1) is 12.2 Å². The first-order valence-electron chi connectivity index (χ1n) is 4.85. The SMILES string of the molecule is COCCN(C)C(=O)c1ccc(F)cc1N. The summed E-state index contributed by atoms with van der Waals surface area (Å²) >= 11 is 0. The summed E-state index contributed by atoms with van der Waals surface area (Å²) in [5, 5.41) is 0. The van der Waals surface area contributed by atoms with Gasteiger partial charge < -0.3 is 15.4 Å². The van der Waals surface area contributed by atoms with Crippen molar-refractivity contribution in [1.82, 2.24) is 4.90 Å². The molecule has 16 heavy (non-hydrogen) atoms. The number of nitrogens with zero attached hydrogens (tertiary/aromatic N) is 1. The topological polar surface area (TPSA) is 55.6 Å². The Morgan fingerprint density at radius 2 is 2.25 bits per heavy atom. The molecule has 88 valence electrons. The first-order chi connectivity index (χ1) is 7.56. The summed E-state index contributed by atoms with van der Waals surface area (Å²) in [5.74, 6) is -0.692. The van der Waals surface area contributed by atoms with E-state index in [1.807, 2.05) is 0 Å². The van der Waals surface area contributed by atoms with Gasteiger partial charge in [-0.1, -0.05) is 0 Å². The molecule has 0 saturated heterocycles. The maximum atomic E-state index is 12.8. The number of carbonyl (C=O) groups is 1. The number of halogens is 1. The second kappa shape index (κ2) is 5.46. The number of nitrogens with two attached hydrogens (primary N) is 1. The third kappa shape index (κ3) is 2.93. The van der Waals surface area contributed by atoms with E-state index < -0.39 is 5.82 Å². The zero-order valence-corrected chi connectivity index (χ0v) is 9.37. The van der Waals surface area contributed by atoms with E-state index in [0.717, 1.165) is 6.07 Å². The zero-order valence-electron chi connectivity index (χ0n) is 9.37. The van der Waals surface area contributed by atoms with Crippen LogP contribution in [0.2, 0.25) is 0 Å². The summed E-state index contributed by atoms with van der Waals surface area (Å²) in [6, 6.07) is 3.74. The van der Waals surface area contributed by atoms with E-state index in [2.05, 4.69) is 0 Å². The zero-order chi connectivity index (χ0) is 12.1. The minimum absolute atomic E-state index is 0.147. The number of benzene rings is 1. The van der Waals surface area contributed by atoms with Crippen molar-refractivity contribution in [1.29, 1.82) is 0 Å². The fourth-order valence-electron chi connectivity index (χ4n) is 1.26. The highest BCUT2D eigenvalue weighted by atomic mass is 19.1. The van der Waals surface area contributed by atoms with E-state index in [0.29, 0.717) is 18.7 Å². The van der Waals surface area contributed by atoms with Crippen LogP contribution in [-0.4, -0.2) is 38.1 Å². The Hall–Kier alpha value is -1.62. The van der Waals surface area contributed by atoms with Crippen LogP contribution in [0.25, 0.3) is 0 Å². The van der Waals surface area contributed by atoms with Gasteiger partial charge in [-0.3, -0.25) is 4.79 Å². The molecule has 1 aromatic rings. The van der Waals surface area contributed by atoms with Gasteiger partial charge in [0.2, 0.25) is 0 Å². The highest BCUT2D eigenvalue weighted by Crippen LogP contribution is 2.15. The summed E-state index contributed by atoms with van der Waals surface area (Å²) in [4.78, 5) is 13.3. The molecule has 0 aliphatic heterocycles. The molecule has 0 atom stereocenters. The predicted octanol–water partition coefficient (Wildman–Crippen LogP) is 1.13. The van der Waals surface area contributed by atoms with Crippen molar-refractivity contribution in [3.05, 3.63) is 29.6 Å². The minimum atomic E-state index is -0.450. The lowest BCUT2D eigenvalue weighted by molar-refractivity contribution is 0.0745. The minimum Gasteiger partial charge on any atom is -0.398 e. The molecule has 0 fully saturated rings. The molecule has 0 radical (unpaired) electrons. The van der Waals surface area contributed by atoms with Gasteiger partial charge in [0, 0.05) is 26.4 Å². The molecule has 1 rings (SSSR count). The molecule has 0 spiro atoms. The van der Waals surface area contributed by atoms with Gasteiger partial charge in [-0.2, -0.15) is 0 Å². The second-order valence-electron chi connectivity index (χ2n) is 3.45. The number of anilines is 1. The van der Waals surface area contributed by atoms with E-state index in [-0.39, 0.29) is 11.6 Å². The number of carbonyl (C=O) groups excluding carboxylic acids is 1. The van der Waals surface area contributed by atoms with E-state index in [1.165, 1.54) is 17.0 Å². The highest BCUT2D eigenvalue weighted by Gasteiger charge is 2.14. The molecule has 0 aliphatic carbocycles. The molecular formula is C11H15FN2O2. The monoisotopic (exact) mass is 226 g/mol. The summed E-state index contributed by atoms with van der Waals surface area (Å²) in [6.07, 6.45) is 0. The van der Waals surface area contributed by atoms with Crippen molar-refractivity contribution in [3.63, 3.8) is 0 Å². The maximum Gasteiger partial charge on any atom is 0.255 e. The van der Waals surface area contributed by atoms with Crippen LogP contribution in [0.15, 0.2) is 18.2 Å². The second-order valence-corrected chi connectivity index (χ2v) is 3.45. The standard InChI is InChI=1S/C11H15FN2O2/c1-14(5-6-16-2)11(15)9-4-3-8(12)7-10(9)13/h3-4,7H,5-6,13H2,1-2H3. The van der Waals surface area contributed by atoms with E-state index in [9.17, 15) is 9.18 Å². The summed E-state index contributed by atoms with van der Waals surface area (Å²) in [5.41, 5.74) is 6.02. The first-order valence-corrected chi connectivity index (χ1v) is 4.85. The summed E-state index contributed by atoms with van der Waals surface area (Å²) in [7, 11) is 3.20. The molecule has 1 amide bonds. The number of hydrogen-bond acceptors (Lipinski definition) is 3. The van der Waals surface area contributed by atoms with Crippen molar-refractivity contribution >= 4 is 11.6 Å². The summed E-state index contributed by atoms with van der Waals surface area (Å²) in [6.45, 7) is 0.912. The van der Waals surface area contributed by atoms with E-state index in [1.54, 1.807) is 14.2 Å². The summed E-state index contributed by atoms with van der Waals surface area (Å²) < 4.78 is 17.7. The van der Waals surface area contributed by atoms with E-state index >= 15 is 0 Å². The Kier molecular flexibility index (Phi) is 4.25. The molecule has 0 saturated carbocycles. The molecule has 0 bridgehead atoms. The number of likely N-dealkylation sites (N-methyl/N-ethyl adjacent to an activating group) is 1. The molecule has 0 unspecified atom stereocenters. The number of rotatable bonds is 4. The fraction of sp³-hybridized carbons (Fsp3) is 0.364. The van der Waals surface area contributed by atoms with Crippen LogP contribution in [0.5, 0.6) is 0 Å². The van der Waals surface area contributed by atoms with Gasteiger partial charge in [-0.05, 0) is 18.2 Å². The highest BCUT2D eigenvalue weighted by molar-refractivity contribution is 5.98. The Labute approximate surface area is 93.8 Å². The lowest BCUT2D eigenvalue weighted by Gasteiger charge is -2.17. The van der Waals surface area contributed by atoms with Gasteiger partial charge in [-0.15, -0.1) is 0 Å². The molecule has 0 aliphatic rings. The van der Waals surface area contributed by atoms with Gasteiger partial charge >= 0.3 is 0 Å². The molecular weight excluding hydrogens is 211 g/mol. The van der Waals surface area contributed by atoms with Crippen molar-refractivity contribution in [2.75, 3.05) is 33.0 Å². The molecule has 1 aromatic carbocycles. The van der Waals surface area contributed by atoms with Gasteiger partial charge in [0.1, 0.15) is 5.82 Å². The van der Waals surface area contributed by atoms with Crippen LogP contribution in [0, 0.1) is 5.82 Å². The van der Waals surface area contributed by atoms with Gasteiger partial charge in [0.25, 0.3) is 5.91 Å². The molecule has 0 heterocycles. The number of methoxy groups -OCH3 is 1. The lowest BCUT2D eigenvalue weighted by Crippen LogP contribution is -2.30.